The molecule has 0 radical (unpaired) electrons. The third kappa shape index (κ3) is 4.07. The van der Waals surface area contributed by atoms with Crippen LogP contribution in [0.3, 0.4) is 0 Å². The van der Waals surface area contributed by atoms with Crippen LogP contribution in [-0.4, -0.2) is 32.5 Å². The van der Waals surface area contributed by atoms with Gasteiger partial charge in [0.25, 0.3) is 0 Å². The summed E-state index contributed by atoms with van der Waals surface area (Å²) in [6, 6.07) is 10.2. The quantitative estimate of drug-likeness (QED) is 0.830. The van der Waals surface area contributed by atoms with Crippen LogP contribution in [0.25, 0.3) is 0 Å². The average Bonchev–Trinajstić information content (AvgIpc) is 2.81. The van der Waals surface area contributed by atoms with E-state index >= 15 is 0 Å². The number of benzene rings is 1. The Hall–Kier alpha value is -1.82. The summed E-state index contributed by atoms with van der Waals surface area (Å²) in [5.74, 6) is 0.918. The fourth-order valence-electron chi connectivity index (χ4n) is 1.91. The molecule has 0 unspecified atom stereocenters. The van der Waals surface area contributed by atoms with Crippen molar-refractivity contribution >= 4 is 17.7 Å². The van der Waals surface area contributed by atoms with Crippen LogP contribution in [-0.2, 0) is 18.3 Å². The zero-order valence-electron chi connectivity index (χ0n) is 12.5. The van der Waals surface area contributed by atoms with Crippen molar-refractivity contribution < 1.29 is 4.79 Å². The third-order valence-corrected chi connectivity index (χ3v) is 4.27. The third-order valence-electron chi connectivity index (χ3n) is 3.13. The number of rotatable bonds is 6. The molecule has 5 nitrogen and oxygen atoms in total. The van der Waals surface area contributed by atoms with Crippen molar-refractivity contribution in [3.63, 3.8) is 0 Å². The van der Waals surface area contributed by atoms with E-state index < -0.39 is 0 Å². The Labute approximate surface area is 129 Å². The minimum Gasteiger partial charge on any atom is -0.355 e. The first-order chi connectivity index (χ1) is 10.1. The van der Waals surface area contributed by atoms with Gasteiger partial charge in [-0.15, -0.1) is 10.2 Å². The molecule has 1 heterocycles. The van der Waals surface area contributed by atoms with Gasteiger partial charge in [0.2, 0.25) is 5.91 Å². The van der Waals surface area contributed by atoms with Crippen LogP contribution in [0, 0.1) is 0 Å². The highest BCUT2D eigenvalue weighted by Gasteiger charge is 2.18. The summed E-state index contributed by atoms with van der Waals surface area (Å²) in [5.41, 5.74) is 1.20. The van der Waals surface area contributed by atoms with Crippen LogP contribution in [0.1, 0.15) is 25.2 Å². The number of amides is 1. The van der Waals surface area contributed by atoms with E-state index in [2.05, 4.69) is 27.6 Å². The van der Waals surface area contributed by atoms with Crippen molar-refractivity contribution in [1.82, 2.24) is 20.1 Å². The Morgan fingerprint density at radius 3 is 2.71 bits per heavy atom. The second-order valence-electron chi connectivity index (χ2n) is 4.77. The van der Waals surface area contributed by atoms with Crippen molar-refractivity contribution in [1.29, 1.82) is 0 Å². The van der Waals surface area contributed by atoms with E-state index in [1.807, 2.05) is 43.7 Å². The molecule has 1 aromatic heterocycles. The molecule has 0 aliphatic rings. The largest absolute Gasteiger partial charge is 0.355 e. The lowest BCUT2D eigenvalue weighted by molar-refractivity contribution is -0.120. The molecular weight excluding hydrogens is 284 g/mol. The van der Waals surface area contributed by atoms with E-state index in [0.29, 0.717) is 6.54 Å². The van der Waals surface area contributed by atoms with Crippen LogP contribution < -0.4 is 5.32 Å². The maximum absolute atomic E-state index is 11.8. The topological polar surface area (TPSA) is 59.8 Å². The number of hydrogen-bond acceptors (Lipinski definition) is 4. The van der Waals surface area contributed by atoms with Gasteiger partial charge in [-0.3, -0.25) is 4.79 Å². The molecule has 0 aliphatic carbocycles. The first kappa shape index (κ1) is 15.6. The van der Waals surface area contributed by atoms with Crippen LogP contribution in [0.4, 0.5) is 0 Å². The predicted octanol–water partition coefficient (Wildman–Crippen LogP) is 2.02. The average molecular weight is 304 g/mol. The van der Waals surface area contributed by atoms with Crippen molar-refractivity contribution in [2.75, 3.05) is 6.54 Å². The summed E-state index contributed by atoms with van der Waals surface area (Å²) in [5, 5.41) is 11.8. The van der Waals surface area contributed by atoms with E-state index in [9.17, 15) is 4.79 Å². The van der Waals surface area contributed by atoms with E-state index in [1.54, 1.807) is 0 Å². The Kier molecular flexibility index (Phi) is 5.38. The number of aromatic nitrogens is 3. The number of carbonyl (C=O) groups excluding carboxylic acids is 1. The summed E-state index contributed by atoms with van der Waals surface area (Å²) in [4.78, 5) is 11.8. The van der Waals surface area contributed by atoms with Gasteiger partial charge in [0, 0.05) is 20.0 Å². The molecule has 0 saturated heterocycles. The molecule has 112 valence electrons. The molecule has 0 fully saturated rings. The highest BCUT2D eigenvalue weighted by molar-refractivity contribution is 8.00. The molecule has 1 atom stereocenters. The SMILES string of the molecule is CCNC(=O)[C@H](C)Sc1nnc(Cc2ccccc2)n1C. The van der Waals surface area contributed by atoms with E-state index in [4.69, 9.17) is 0 Å². The molecule has 6 heteroatoms. The molecule has 2 rings (SSSR count). The minimum atomic E-state index is -0.183. The molecule has 1 amide bonds. The summed E-state index contributed by atoms with van der Waals surface area (Å²) < 4.78 is 1.95. The molecule has 2 aromatic rings. The zero-order valence-corrected chi connectivity index (χ0v) is 13.4. The Balaban J connectivity index is 2.05. The van der Waals surface area contributed by atoms with E-state index in [1.165, 1.54) is 17.3 Å². The molecule has 0 spiro atoms. The van der Waals surface area contributed by atoms with Gasteiger partial charge in [0.1, 0.15) is 5.82 Å². The monoisotopic (exact) mass is 304 g/mol. The lowest BCUT2D eigenvalue weighted by atomic mass is 10.1. The second-order valence-corrected chi connectivity index (χ2v) is 6.08. The van der Waals surface area contributed by atoms with E-state index in [0.717, 1.165) is 17.4 Å². The molecular formula is C15H20N4OS. The second kappa shape index (κ2) is 7.26. The number of nitrogens with one attached hydrogen (secondary N) is 1. The summed E-state index contributed by atoms with van der Waals surface area (Å²) >= 11 is 1.43. The molecule has 0 aliphatic heterocycles. The van der Waals surface area contributed by atoms with Crippen LogP contribution in [0.5, 0.6) is 0 Å². The maximum Gasteiger partial charge on any atom is 0.233 e. The van der Waals surface area contributed by atoms with Gasteiger partial charge in [0.15, 0.2) is 5.16 Å². The van der Waals surface area contributed by atoms with Gasteiger partial charge in [0.05, 0.1) is 5.25 Å². The zero-order chi connectivity index (χ0) is 15.2. The lowest BCUT2D eigenvalue weighted by Gasteiger charge is -2.10. The van der Waals surface area contributed by atoms with Crippen molar-refractivity contribution in [2.45, 2.75) is 30.7 Å². The summed E-state index contributed by atoms with van der Waals surface area (Å²) in [6.07, 6.45) is 0.737. The fourth-order valence-corrected chi connectivity index (χ4v) is 2.77. The summed E-state index contributed by atoms with van der Waals surface area (Å²) in [6.45, 7) is 4.43. The van der Waals surface area contributed by atoms with Crippen LogP contribution in [0.15, 0.2) is 35.5 Å². The van der Waals surface area contributed by atoms with Gasteiger partial charge >= 0.3 is 0 Å². The first-order valence-electron chi connectivity index (χ1n) is 6.98. The highest BCUT2D eigenvalue weighted by atomic mass is 32.2. The smallest absolute Gasteiger partial charge is 0.233 e. The molecule has 0 saturated carbocycles. The number of thioether (sulfide) groups is 1. The molecule has 1 N–H and O–H groups in total. The van der Waals surface area contributed by atoms with Gasteiger partial charge < -0.3 is 9.88 Å². The number of hydrogen-bond donors (Lipinski definition) is 1. The number of carbonyl (C=O) groups is 1. The Morgan fingerprint density at radius 1 is 1.33 bits per heavy atom. The maximum atomic E-state index is 11.8. The lowest BCUT2D eigenvalue weighted by Crippen LogP contribution is -2.30. The predicted molar refractivity (Wildman–Crippen MR) is 84.3 cm³/mol. The Bertz CT molecular complexity index is 597. The highest BCUT2D eigenvalue weighted by Crippen LogP contribution is 2.22. The van der Waals surface area contributed by atoms with E-state index in [-0.39, 0.29) is 11.2 Å². The Morgan fingerprint density at radius 2 is 2.05 bits per heavy atom. The van der Waals surface area contributed by atoms with Gasteiger partial charge in [-0.05, 0) is 19.4 Å². The van der Waals surface area contributed by atoms with Crippen LogP contribution in [0.2, 0.25) is 0 Å². The fraction of sp³-hybridized carbons (Fsp3) is 0.400. The normalized spacial score (nSPS) is 12.1. The molecule has 21 heavy (non-hydrogen) atoms. The van der Waals surface area contributed by atoms with Gasteiger partial charge in [-0.2, -0.15) is 0 Å². The number of nitrogens with zero attached hydrogens (tertiary/aromatic N) is 3. The standard InChI is InChI=1S/C15H20N4OS/c1-4-16-14(20)11(2)21-15-18-17-13(19(15)3)10-12-8-6-5-7-9-12/h5-9,11H,4,10H2,1-3H3,(H,16,20)/t11-/m0/s1. The van der Waals surface area contributed by atoms with Crippen molar-refractivity contribution in [2.24, 2.45) is 7.05 Å². The first-order valence-corrected chi connectivity index (χ1v) is 7.86. The van der Waals surface area contributed by atoms with Gasteiger partial charge in [-0.25, -0.2) is 0 Å². The summed E-state index contributed by atoms with van der Waals surface area (Å²) in [7, 11) is 1.94. The minimum absolute atomic E-state index is 0.0232. The van der Waals surface area contributed by atoms with Crippen molar-refractivity contribution in [3.8, 4) is 0 Å². The molecule has 1 aromatic carbocycles. The van der Waals surface area contributed by atoms with Gasteiger partial charge in [-0.1, -0.05) is 42.1 Å². The van der Waals surface area contributed by atoms with Crippen molar-refractivity contribution in [3.05, 3.63) is 41.7 Å². The molecule has 0 bridgehead atoms. The van der Waals surface area contributed by atoms with Crippen LogP contribution >= 0.6 is 11.8 Å².